The van der Waals surface area contributed by atoms with E-state index in [1.54, 1.807) is 0 Å². The van der Waals surface area contributed by atoms with Crippen LogP contribution in [0, 0.1) is 0 Å². The van der Waals surface area contributed by atoms with E-state index in [9.17, 15) is 4.79 Å². The van der Waals surface area contributed by atoms with Crippen LogP contribution in [-0.2, 0) is 9.53 Å². The minimum atomic E-state index is -0.276. The summed E-state index contributed by atoms with van der Waals surface area (Å²) in [5.41, 5.74) is 1.26. The van der Waals surface area contributed by atoms with Crippen LogP contribution < -0.4 is 0 Å². The highest BCUT2D eigenvalue weighted by atomic mass is 16.5. The Bertz CT molecular complexity index is 214. The highest BCUT2D eigenvalue weighted by Gasteiger charge is 2.00. The number of hydrogen-bond acceptors (Lipinski definition) is 2. The molecule has 1 rings (SSSR count). The van der Waals surface area contributed by atoms with Gasteiger partial charge in [-0.25, -0.2) is 4.79 Å². The first-order valence-corrected chi connectivity index (χ1v) is 4.28. The second-order valence-corrected chi connectivity index (χ2v) is 2.88. The van der Waals surface area contributed by atoms with Gasteiger partial charge in [0.25, 0.3) is 0 Å². The number of rotatable bonds is 2. The first-order valence-electron chi connectivity index (χ1n) is 4.28. The van der Waals surface area contributed by atoms with E-state index in [2.05, 4.69) is 10.8 Å². The minimum Gasteiger partial charge on any atom is -0.466 e. The van der Waals surface area contributed by atoms with Crippen molar-refractivity contribution in [3.63, 3.8) is 0 Å². The molecule has 0 aliphatic heterocycles. The number of methoxy groups -OCH3 is 1. The number of carbonyl (C=O) groups excluding carboxylic acids is 1. The van der Waals surface area contributed by atoms with E-state index in [1.807, 2.05) is 6.08 Å². The van der Waals surface area contributed by atoms with Crippen molar-refractivity contribution in [1.82, 2.24) is 0 Å². The van der Waals surface area contributed by atoms with Crippen molar-refractivity contribution in [1.29, 1.82) is 0 Å². The zero-order valence-corrected chi connectivity index (χ0v) is 7.38. The molecule has 66 valence electrons. The van der Waals surface area contributed by atoms with E-state index < -0.39 is 0 Å². The number of carbonyl (C=O) groups is 1. The molecular formula is C10H14O2. The van der Waals surface area contributed by atoms with Gasteiger partial charge in [-0.3, -0.25) is 0 Å². The molecule has 0 aromatic heterocycles. The van der Waals surface area contributed by atoms with Crippen molar-refractivity contribution < 1.29 is 9.53 Å². The summed E-state index contributed by atoms with van der Waals surface area (Å²) >= 11 is 0. The standard InChI is InChI=1S/C10H14O2/c1-12-10(11)8-7-9-5-3-2-4-6-9/h5,7-8H,2-4,6H2,1H3. The molecule has 0 bridgehead atoms. The van der Waals surface area contributed by atoms with Crippen molar-refractivity contribution >= 4 is 5.97 Å². The van der Waals surface area contributed by atoms with Gasteiger partial charge in [0.1, 0.15) is 0 Å². The second kappa shape index (κ2) is 4.75. The third kappa shape index (κ3) is 2.91. The fourth-order valence-corrected chi connectivity index (χ4v) is 1.26. The molecule has 0 unspecified atom stereocenters. The maximum Gasteiger partial charge on any atom is 0.330 e. The number of esters is 1. The Hall–Kier alpha value is -1.05. The van der Waals surface area contributed by atoms with Gasteiger partial charge in [0.15, 0.2) is 0 Å². The smallest absolute Gasteiger partial charge is 0.330 e. The lowest BCUT2D eigenvalue weighted by atomic mass is 9.99. The summed E-state index contributed by atoms with van der Waals surface area (Å²) in [5.74, 6) is -0.276. The summed E-state index contributed by atoms with van der Waals surface area (Å²) in [5, 5.41) is 0. The van der Waals surface area contributed by atoms with Gasteiger partial charge in [0.05, 0.1) is 7.11 Å². The lowest BCUT2D eigenvalue weighted by Crippen LogP contribution is -1.95. The van der Waals surface area contributed by atoms with Crippen molar-refractivity contribution in [2.45, 2.75) is 25.7 Å². The highest BCUT2D eigenvalue weighted by Crippen LogP contribution is 2.17. The summed E-state index contributed by atoms with van der Waals surface area (Å²) in [4.78, 5) is 10.7. The van der Waals surface area contributed by atoms with Crippen molar-refractivity contribution in [2.75, 3.05) is 7.11 Å². The van der Waals surface area contributed by atoms with Gasteiger partial charge in [0.2, 0.25) is 0 Å². The predicted octanol–water partition coefficient (Wildman–Crippen LogP) is 2.22. The molecule has 0 spiro atoms. The molecule has 0 aromatic carbocycles. The highest BCUT2D eigenvalue weighted by molar-refractivity contribution is 5.82. The van der Waals surface area contributed by atoms with E-state index in [-0.39, 0.29) is 5.97 Å². The SMILES string of the molecule is COC(=O)C=CC1=CCCCC1. The minimum absolute atomic E-state index is 0.276. The molecule has 0 saturated carbocycles. The Labute approximate surface area is 72.9 Å². The van der Waals surface area contributed by atoms with E-state index in [4.69, 9.17) is 0 Å². The number of allylic oxidation sites excluding steroid dienone is 3. The number of hydrogen-bond donors (Lipinski definition) is 0. The van der Waals surface area contributed by atoms with Crippen LogP contribution in [-0.4, -0.2) is 13.1 Å². The van der Waals surface area contributed by atoms with Crippen LogP contribution in [0.5, 0.6) is 0 Å². The number of ether oxygens (including phenoxy) is 1. The third-order valence-corrected chi connectivity index (χ3v) is 1.96. The molecule has 12 heavy (non-hydrogen) atoms. The molecule has 0 fully saturated rings. The molecule has 0 atom stereocenters. The van der Waals surface area contributed by atoms with Crippen LogP contribution in [0.3, 0.4) is 0 Å². The average Bonchev–Trinajstić information content (AvgIpc) is 2.16. The van der Waals surface area contributed by atoms with Gasteiger partial charge >= 0.3 is 5.97 Å². The van der Waals surface area contributed by atoms with Gasteiger partial charge in [-0.05, 0) is 25.7 Å². The van der Waals surface area contributed by atoms with E-state index in [0.717, 1.165) is 12.8 Å². The summed E-state index contributed by atoms with van der Waals surface area (Å²) < 4.78 is 4.49. The van der Waals surface area contributed by atoms with Crippen molar-refractivity contribution in [2.24, 2.45) is 0 Å². The van der Waals surface area contributed by atoms with Crippen LogP contribution in [0.25, 0.3) is 0 Å². The molecule has 0 radical (unpaired) electrons. The summed E-state index contributed by atoms with van der Waals surface area (Å²) in [6.45, 7) is 0. The monoisotopic (exact) mass is 166 g/mol. The summed E-state index contributed by atoms with van der Waals surface area (Å²) in [6, 6.07) is 0. The second-order valence-electron chi connectivity index (χ2n) is 2.88. The maximum atomic E-state index is 10.7. The van der Waals surface area contributed by atoms with Gasteiger partial charge in [-0.15, -0.1) is 0 Å². The summed E-state index contributed by atoms with van der Waals surface area (Å²) in [6.07, 6.45) is 10.3. The van der Waals surface area contributed by atoms with Gasteiger partial charge < -0.3 is 4.74 Å². The Morgan fingerprint density at radius 2 is 2.42 bits per heavy atom. The van der Waals surface area contributed by atoms with Crippen LogP contribution in [0.2, 0.25) is 0 Å². The normalized spacial score (nSPS) is 17.6. The van der Waals surface area contributed by atoms with Crippen LogP contribution in [0.1, 0.15) is 25.7 Å². The molecule has 1 aliphatic carbocycles. The topological polar surface area (TPSA) is 26.3 Å². The fraction of sp³-hybridized carbons (Fsp3) is 0.500. The molecular weight excluding hydrogens is 152 g/mol. The molecule has 0 heterocycles. The average molecular weight is 166 g/mol. The van der Waals surface area contributed by atoms with Gasteiger partial charge in [0, 0.05) is 6.08 Å². The Morgan fingerprint density at radius 3 is 3.00 bits per heavy atom. The van der Waals surface area contributed by atoms with Gasteiger partial charge in [-0.1, -0.05) is 17.7 Å². The predicted molar refractivity (Wildman–Crippen MR) is 47.7 cm³/mol. The third-order valence-electron chi connectivity index (χ3n) is 1.96. The molecule has 0 aromatic rings. The van der Waals surface area contributed by atoms with Crippen LogP contribution in [0.15, 0.2) is 23.8 Å². The van der Waals surface area contributed by atoms with Gasteiger partial charge in [-0.2, -0.15) is 0 Å². The Morgan fingerprint density at radius 1 is 1.58 bits per heavy atom. The van der Waals surface area contributed by atoms with Crippen molar-refractivity contribution in [3.05, 3.63) is 23.8 Å². The fourth-order valence-electron chi connectivity index (χ4n) is 1.26. The maximum absolute atomic E-state index is 10.7. The molecule has 0 amide bonds. The summed E-state index contributed by atoms with van der Waals surface area (Å²) in [7, 11) is 1.39. The first-order chi connectivity index (χ1) is 5.83. The molecule has 1 aliphatic rings. The van der Waals surface area contributed by atoms with Crippen LogP contribution >= 0.6 is 0 Å². The Kier molecular flexibility index (Phi) is 3.58. The quantitative estimate of drug-likeness (QED) is 0.464. The Balaban J connectivity index is 2.43. The zero-order valence-electron chi connectivity index (χ0n) is 7.38. The molecule has 2 heteroatoms. The van der Waals surface area contributed by atoms with E-state index >= 15 is 0 Å². The van der Waals surface area contributed by atoms with E-state index in [0.29, 0.717) is 0 Å². The lowest BCUT2D eigenvalue weighted by molar-refractivity contribution is -0.134. The zero-order chi connectivity index (χ0) is 8.81. The molecule has 0 N–H and O–H groups in total. The molecule has 2 nitrogen and oxygen atoms in total. The molecule has 0 saturated heterocycles. The first kappa shape index (κ1) is 9.04. The lowest BCUT2D eigenvalue weighted by Gasteiger charge is -2.07. The van der Waals surface area contributed by atoms with Crippen molar-refractivity contribution in [3.8, 4) is 0 Å². The van der Waals surface area contributed by atoms with E-state index in [1.165, 1.54) is 31.6 Å². The largest absolute Gasteiger partial charge is 0.466 e. The van der Waals surface area contributed by atoms with Crippen LogP contribution in [0.4, 0.5) is 0 Å².